The van der Waals surface area contributed by atoms with Crippen molar-refractivity contribution in [2.45, 2.75) is 57.1 Å². The predicted octanol–water partition coefficient (Wildman–Crippen LogP) is 3.97. The van der Waals surface area contributed by atoms with Crippen LogP contribution in [0.3, 0.4) is 0 Å². The second kappa shape index (κ2) is 9.79. The van der Waals surface area contributed by atoms with Gasteiger partial charge in [-0.05, 0) is 25.0 Å². The Morgan fingerprint density at radius 1 is 1.00 bits per heavy atom. The van der Waals surface area contributed by atoms with E-state index in [4.69, 9.17) is 0 Å². The third-order valence-electron chi connectivity index (χ3n) is 2.09. The first-order chi connectivity index (χ1) is 5.81. The Morgan fingerprint density at radius 2 is 1.58 bits per heavy atom. The lowest BCUT2D eigenvalue weighted by Gasteiger charge is -2.08. The smallest absolute Gasteiger partial charge is 0.00168 e. The van der Waals surface area contributed by atoms with Crippen LogP contribution >= 0.6 is 25.3 Å². The van der Waals surface area contributed by atoms with Crippen molar-refractivity contribution in [3.63, 3.8) is 0 Å². The molecule has 0 aliphatic rings. The molecule has 0 fully saturated rings. The van der Waals surface area contributed by atoms with Crippen molar-refractivity contribution in [1.29, 1.82) is 0 Å². The van der Waals surface area contributed by atoms with Crippen LogP contribution in [0, 0.1) is 0 Å². The Labute approximate surface area is 88.3 Å². The summed E-state index contributed by atoms with van der Waals surface area (Å²) in [5, 5.41) is 0.636. The summed E-state index contributed by atoms with van der Waals surface area (Å²) in [6.45, 7) is 2.24. The number of unbranched alkanes of at least 4 members (excludes halogenated alkanes) is 3. The van der Waals surface area contributed by atoms with Crippen LogP contribution in [0.4, 0.5) is 0 Å². The molecule has 74 valence electrons. The van der Waals surface area contributed by atoms with E-state index in [9.17, 15) is 0 Å². The van der Waals surface area contributed by atoms with E-state index in [1.54, 1.807) is 0 Å². The Bertz CT molecular complexity index is 73.9. The Hall–Kier alpha value is 0.700. The predicted molar refractivity (Wildman–Crippen MR) is 64.6 cm³/mol. The molecule has 0 aromatic rings. The zero-order valence-electron chi connectivity index (χ0n) is 8.13. The van der Waals surface area contributed by atoms with E-state index in [0.29, 0.717) is 5.25 Å². The largest absolute Gasteiger partial charge is 0.179 e. The van der Waals surface area contributed by atoms with Gasteiger partial charge < -0.3 is 0 Å². The van der Waals surface area contributed by atoms with E-state index < -0.39 is 0 Å². The molecule has 0 spiro atoms. The molecule has 0 aromatic carbocycles. The Kier molecular flexibility index (Phi) is 10.4. The molecule has 0 radical (unpaired) electrons. The van der Waals surface area contributed by atoms with Gasteiger partial charge in [-0.1, -0.05) is 32.6 Å². The van der Waals surface area contributed by atoms with Crippen molar-refractivity contribution >= 4 is 25.3 Å². The minimum absolute atomic E-state index is 0.636. The maximum absolute atomic E-state index is 4.55. The maximum Gasteiger partial charge on any atom is 0.00168 e. The van der Waals surface area contributed by atoms with Gasteiger partial charge in [0.05, 0.1) is 0 Å². The molecular weight excluding hydrogens is 184 g/mol. The van der Waals surface area contributed by atoms with Crippen molar-refractivity contribution in [2.75, 3.05) is 5.75 Å². The number of hydrogen-bond acceptors (Lipinski definition) is 2. The van der Waals surface area contributed by atoms with Crippen molar-refractivity contribution in [3.05, 3.63) is 0 Å². The molecule has 0 saturated heterocycles. The first-order valence-corrected chi connectivity index (χ1v) is 6.25. The van der Waals surface area contributed by atoms with Crippen LogP contribution in [-0.2, 0) is 0 Å². The summed E-state index contributed by atoms with van der Waals surface area (Å²) in [6.07, 6.45) is 9.14. The lowest BCUT2D eigenvalue weighted by Crippen LogP contribution is -1.98. The average Bonchev–Trinajstić information content (AvgIpc) is 2.06. The highest BCUT2D eigenvalue weighted by Gasteiger charge is 2.01. The summed E-state index contributed by atoms with van der Waals surface area (Å²) in [4.78, 5) is 0. The van der Waals surface area contributed by atoms with Gasteiger partial charge in [0.25, 0.3) is 0 Å². The van der Waals surface area contributed by atoms with Gasteiger partial charge >= 0.3 is 0 Å². The molecule has 0 aliphatic carbocycles. The van der Waals surface area contributed by atoms with Crippen LogP contribution in [0.15, 0.2) is 0 Å². The van der Waals surface area contributed by atoms with E-state index in [-0.39, 0.29) is 0 Å². The van der Waals surface area contributed by atoms with Gasteiger partial charge in [-0.2, -0.15) is 25.3 Å². The highest BCUT2D eigenvalue weighted by atomic mass is 32.1. The fourth-order valence-electron chi connectivity index (χ4n) is 1.27. The Morgan fingerprint density at radius 3 is 2.08 bits per heavy atom. The molecule has 0 rings (SSSR count). The topological polar surface area (TPSA) is 0 Å². The molecular formula is C10H22S2. The molecule has 0 aromatic heterocycles. The van der Waals surface area contributed by atoms with Crippen LogP contribution in [0.5, 0.6) is 0 Å². The van der Waals surface area contributed by atoms with Gasteiger partial charge in [0, 0.05) is 5.25 Å². The monoisotopic (exact) mass is 206 g/mol. The second-order valence-electron chi connectivity index (χ2n) is 3.37. The third-order valence-corrected chi connectivity index (χ3v) is 2.92. The van der Waals surface area contributed by atoms with E-state index >= 15 is 0 Å². The molecule has 0 saturated carbocycles. The minimum Gasteiger partial charge on any atom is -0.179 e. The standard InChI is InChI=1S/C10H22S2/c1-2-3-4-7-10(12)8-5-6-9-11/h10-12H,2-9H2,1H3. The van der Waals surface area contributed by atoms with Gasteiger partial charge in [-0.15, -0.1) is 0 Å². The van der Waals surface area contributed by atoms with Gasteiger partial charge in [-0.25, -0.2) is 0 Å². The fraction of sp³-hybridized carbons (Fsp3) is 1.00. The molecule has 1 atom stereocenters. The summed E-state index contributed by atoms with van der Waals surface area (Å²) in [6, 6.07) is 0. The van der Waals surface area contributed by atoms with Gasteiger partial charge in [0.15, 0.2) is 0 Å². The molecule has 0 bridgehead atoms. The van der Waals surface area contributed by atoms with Gasteiger partial charge in [0.2, 0.25) is 0 Å². The van der Waals surface area contributed by atoms with Crippen molar-refractivity contribution < 1.29 is 0 Å². The molecule has 1 unspecified atom stereocenters. The number of thiol groups is 2. The van der Waals surface area contributed by atoms with E-state index in [0.717, 1.165) is 5.75 Å². The summed E-state index contributed by atoms with van der Waals surface area (Å²) >= 11 is 8.73. The van der Waals surface area contributed by atoms with Crippen LogP contribution in [0.1, 0.15) is 51.9 Å². The molecule has 0 amide bonds. The molecule has 0 aliphatic heterocycles. The highest BCUT2D eigenvalue weighted by Crippen LogP contribution is 2.14. The van der Waals surface area contributed by atoms with Crippen molar-refractivity contribution in [2.24, 2.45) is 0 Å². The van der Waals surface area contributed by atoms with Crippen LogP contribution in [0.25, 0.3) is 0 Å². The van der Waals surface area contributed by atoms with Crippen LogP contribution < -0.4 is 0 Å². The van der Waals surface area contributed by atoms with E-state index in [1.165, 1.54) is 44.9 Å². The molecule has 0 heterocycles. The quantitative estimate of drug-likeness (QED) is 0.436. The van der Waals surface area contributed by atoms with E-state index in [1.807, 2.05) is 0 Å². The van der Waals surface area contributed by atoms with Crippen molar-refractivity contribution in [3.8, 4) is 0 Å². The lowest BCUT2D eigenvalue weighted by molar-refractivity contribution is 0.601. The van der Waals surface area contributed by atoms with Gasteiger partial charge in [0.1, 0.15) is 0 Å². The highest BCUT2D eigenvalue weighted by molar-refractivity contribution is 7.81. The van der Waals surface area contributed by atoms with E-state index in [2.05, 4.69) is 32.2 Å². The van der Waals surface area contributed by atoms with Crippen molar-refractivity contribution in [1.82, 2.24) is 0 Å². The second-order valence-corrected chi connectivity index (χ2v) is 4.55. The summed E-state index contributed by atoms with van der Waals surface area (Å²) in [7, 11) is 0. The SMILES string of the molecule is CCCCCC(S)CCCCS. The summed E-state index contributed by atoms with van der Waals surface area (Å²) in [5.74, 6) is 1.02. The maximum atomic E-state index is 4.55. The van der Waals surface area contributed by atoms with Crippen LogP contribution in [0.2, 0.25) is 0 Å². The third kappa shape index (κ3) is 8.79. The Balaban J connectivity index is 3.04. The zero-order chi connectivity index (χ0) is 9.23. The summed E-state index contributed by atoms with van der Waals surface area (Å²) in [5.41, 5.74) is 0. The number of hydrogen-bond donors (Lipinski definition) is 2. The normalized spacial score (nSPS) is 13.2. The fourth-order valence-corrected chi connectivity index (χ4v) is 1.85. The average molecular weight is 206 g/mol. The first-order valence-electron chi connectivity index (χ1n) is 5.10. The number of rotatable bonds is 8. The lowest BCUT2D eigenvalue weighted by atomic mass is 10.1. The molecule has 0 N–H and O–H groups in total. The molecule has 0 nitrogen and oxygen atoms in total. The molecule has 2 heteroatoms. The summed E-state index contributed by atoms with van der Waals surface area (Å²) < 4.78 is 0. The zero-order valence-corrected chi connectivity index (χ0v) is 9.92. The minimum atomic E-state index is 0.636. The van der Waals surface area contributed by atoms with Gasteiger partial charge in [-0.3, -0.25) is 0 Å². The first kappa shape index (κ1) is 12.7. The molecule has 12 heavy (non-hydrogen) atoms. The van der Waals surface area contributed by atoms with Crippen LogP contribution in [-0.4, -0.2) is 11.0 Å².